The van der Waals surface area contributed by atoms with Crippen LogP contribution in [0, 0.1) is 11.3 Å². The minimum Gasteiger partial charge on any atom is -0.322 e. The van der Waals surface area contributed by atoms with Gasteiger partial charge in [-0.1, -0.05) is 37.6 Å². The van der Waals surface area contributed by atoms with Gasteiger partial charge < -0.3 is 10.3 Å². The molecule has 2 N–H and O–H groups in total. The molecule has 0 fully saturated rings. The predicted octanol–water partition coefficient (Wildman–Crippen LogP) is 3.76. The number of nitriles is 1. The van der Waals surface area contributed by atoms with Gasteiger partial charge in [0.2, 0.25) is 0 Å². The van der Waals surface area contributed by atoms with E-state index in [0.29, 0.717) is 12.1 Å². The summed E-state index contributed by atoms with van der Waals surface area (Å²) in [6.45, 7) is 2.84. The van der Waals surface area contributed by atoms with Crippen molar-refractivity contribution in [2.24, 2.45) is 5.73 Å². The fourth-order valence-corrected chi connectivity index (χ4v) is 2.85. The molecule has 1 atom stereocenters. The van der Waals surface area contributed by atoms with Crippen LogP contribution in [0.2, 0.25) is 0 Å². The van der Waals surface area contributed by atoms with Crippen molar-refractivity contribution in [3.63, 3.8) is 0 Å². The summed E-state index contributed by atoms with van der Waals surface area (Å²) in [4.78, 5) is 4.75. The lowest BCUT2D eigenvalue weighted by Gasteiger charge is -2.14. The molecule has 4 nitrogen and oxygen atoms in total. The minimum atomic E-state index is -0.0641. The molecule has 0 amide bonds. The Hall–Kier alpha value is -2.64. The second kappa shape index (κ2) is 6.64. The maximum absolute atomic E-state index is 8.92. The molecule has 0 aliphatic carbocycles. The molecule has 116 valence electrons. The van der Waals surface area contributed by atoms with Crippen LogP contribution in [0.4, 0.5) is 0 Å². The van der Waals surface area contributed by atoms with Gasteiger partial charge in [0, 0.05) is 6.54 Å². The van der Waals surface area contributed by atoms with Gasteiger partial charge in [-0.2, -0.15) is 5.26 Å². The molecule has 3 rings (SSSR count). The van der Waals surface area contributed by atoms with Gasteiger partial charge in [-0.15, -0.1) is 0 Å². The molecule has 0 saturated heterocycles. The normalized spacial score (nSPS) is 12.2. The molecule has 0 aliphatic rings. The van der Waals surface area contributed by atoms with Crippen molar-refractivity contribution in [2.45, 2.75) is 32.4 Å². The molecule has 0 spiro atoms. The number of hydrogen-bond acceptors (Lipinski definition) is 3. The first-order chi connectivity index (χ1) is 11.2. The van der Waals surface area contributed by atoms with Gasteiger partial charge in [0.1, 0.15) is 5.82 Å². The maximum Gasteiger partial charge on any atom is 0.127 e. The molecular formula is C19H20N4. The standard InChI is InChI=1S/C19H20N4/c1-2-5-16(21)19-22-17-6-3-4-7-18(17)23(19)13-15-10-8-14(12-20)9-11-15/h3-4,6-11,16H,2,5,13,21H2,1H3. The van der Waals surface area contributed by atoms with Crippen LogP contribution in [-0.4, -0.2) is 9.55 Å². The third kappa shape index (κ3) is 3.10. The third-order valence-corrected chi connectivity index (χ3v) is 4.04. The molecular weight excluding hydrogens is 284 g/mol. The van der Waals surface area contributed by atoms with Gasteiger partial charge >= 0.3 is 0 Å². The Bertz CT molecular complexity index is 840. The van der Waals surface area contributed by atoms with Crippen LogP contribution < -0.4 is 5.73 Å². The smallest absolute Gasteiger partial charge is 0.127 e. The second-order valence-electron chi connectivity index (χ2n) is 5.75. The van der Waals surface area contributed by atoms with E-state index in [4.69, 9.17) is 16.0 Å². The van der Waals surface area contributed by atoms with E-state index < -0.39 is 0 Å². The predicted molar refractivity (Wildman–Crippen MR) is 91.8 cm³/mol. The first-order valence-electron chi connectivity index (χ1n) is 7.92. The van der Waals surface area contributed by atoms with Gasteiger partial charge in [0.05, 0.1) is 28.7 Å². The third-order valence-electron chi connectivity index (χ3n) is 4.04. The van der Waals surface area contributed by atoms with Crippen molar-refractivity contribution in [1.29, 1.82) is 5.26 Å². The monoisotopic (exact) mass is 304 g/mol. The zero-order chi connectivity index (χ0) is 16.2. The lowest BCUT2D eigenvalue weighted by molar-refractivity contribution is 0.572. The Labute approximate surface area is 136 Å². The van der Waals surface area contributed by atoms with Crippen molar-refractivity contribution in [1.82, 2.24) is 9.55 Å². The number of rotatable bonds is 5. The van der Waals surface area contributed by atoms with E-state index >= 15 is 0 Å². The highest BCUT2D eigenvalue weighted by Crippen LogP contribution is 2.23. The minimum absolute atomic E-state index is 0.0641. The van der Waals surface area contributed by atoms with E-state index in [0.717, 1.165) is 35.3 Å². The summed E-state index contributed by atoms with van der Waals surface area (Å²) < 4.78 is 2.19. The van der Waals surface area contributed by atoms with Crippen molar-refractivity contribution in [3.05, 3.63) is 65.5 Å². The van der Waals surface area contributed by atoms with E-state index in [-0.39, 0.29) is 6.04 Å². The SMILES string of the molecule is CCCC(N)c1nc2ccccc2n1Cc1ccc(C#N)cc1. The highest BCUT2D eigenvalue weighted by atomic mass is 15.1. The lowest BCUT2D eigenvalue weighted by Crippen LogP contribution is -2.17. The molecule has 1 aromatic heterocycles. The first kappa shape index (κ1) is 15.3. The van der Waals surface area contributed by atoms with Crippen molar-refractivity contribution < 1.29 is 0 Å². The summed E-state index contributed by atoms with van der Waals surface area (Å²) in [5, 5.41) is 8.92. The second-order valence-corrected chi connectivity index (χ2v) is 5.75. The van der Waals surface area contributed by atoms with Crippen LogP contribution in [0.15, 0.2) is 48.5 Å². The Morgan fingerprint density at radius 3 is 2.61 bits per heavy atom. The molecule has 23 heavy (non-hydrogen) atoms. The number of benzene rings is 2. The summed E-state index contributed by atoms with van der Waals surface area (Å²) in [5.41, 5.74) is 10.2. The molecule has 3 aromatic rings. The highest BCUT2D eigenvalue weighted by molar-refractivity contribution is 5.76. The van der Waals surface area contributed by atoms with Crippen molar-refractivity contribution in [2.75, 3.05) is 0 Å². The molecule has 2 aromatic carbocycles. The highest BCUT2D eigenvalue weighted by Gasteiger charge is 2.16. The first-order valence-corrected chi connectivity index (χ1v) is 7.92. The molecule has 0 radical (unpaired) electrons. The van der Waals surface area contributed by atoms with Crippen molar-refractivity contribution >= 4 is 11.0 Å². The van der Waals surface area contributed by atoms with Gasteiger partial charge in [-0.25, -0.2) is 4.98 Å². The zero-order valence-corrected chi connectivity index (χ0v) is 13.2. The Balaban J connectivity index is 2.03. The van der Waals surface area contributed by atoms with E-state index in [1.54, 1.807) is 0 Å². The van der Waals surface area contributed by atoms with Gasteiger partial charge in [-0.05, 0) is 36.2 Å². The van der Waals surface area contributed by atoms with Gasteiger partial charge in [-0.3, -0.25) is 0 Å². The van der Waals surface area contributed by atoms with Crippen LogP contribution in [-0.2, 0) is 6.54 Å². The summed E-state index contributed by atoms with van der Waals surface area (Å²) in [7, 11) is 0. The molecule has 0 saturated carbocycles. The number of aromatic nitrogens is 2. The van der Waals surface area contributed by atoms with Crippen LogP contribution in [0.1, 0.15) is 42.8 Å². The van der Waals surface area contributed by atoms with Crippen LogP contribution >= 0.6 is 0 Å². The average Bonchev–Trinajstić information content (AvgIpc) is 2.95. The Morgan fingerprint density at radius 2 is 1.91 bits per heavy atom. The van der Waals surface area contributed by atoms with E-state index in [1.807, 2.05) is 42.5 Å². The lowest BCUT2D eigenvalue weighted by atomic mass is 10.1. The fraction of sp³-hybridized carbons (Fsp3) is 0.263. The number of hydrogen-bond donors (Lipinski definition) is 1. The quantitative estimate of drug-likeness (QED) is 0.780. The molecule has 1 unspecified atom stereocenters. The number of nitrogens with two attached hydrogens (primary N) is 1. The largest absolute Gasteiger partial charge is 0.322 e. The Morgan fingerprint density at radius 1 is 1.17 bits per heavy atom. The molecule has 0 bridgehead atoms. The Kier molecular flexibility index (Phi) is 4.40. The number of nitrogens with zero attached hydrogens (tertiary/aromatic N) is 3. The summed E-state index contributed by atoms with van der Waals surface area (Å²) >= 11 is 0. The maximum atomic E-state index is 8.92. The summed E-state index contributed by atoms with van der Waals surface area (Å²) in [5.74, 6) is 0.928. The van der Waals surface area contributed by atoms with Crippen molar-refractivity contribution in [3.8, 4) is 6.07 Å². The van der Waals surface area contributed by atoms with E-state index in [2.05, 4.69) is 23.6 Å². The zero-order valence-electron chi connectivity index (χ0n) is 13.2. The number of para-hydroxylation sites is 2. The number of imidazole rings is 1. The molecule has 1 heterocycles. The van der Waals surface area contributed by atoms with Gasteiger partial charge in [0.25, 0.3) is 0 Å². The molecule has 0 aliphatic heterocycles. The van der Waals surface area contributed by atoms with Gasteiger partial charge in [0.15, 0.2) is 0 Å². The van der Waals surface area contributed by atoms with E-state index in [9.17, 15) is 0 Å². The summed E-state index contributed by atoms with van der Waals surface area (Å²) in [6, 6.07) is 17.9. The fourth-order valence-electron chi connectivity index (χ4n) is 2.85. The van der Waals surface area contributed by atoms with Crippen LogP contribution in [0.3, 0.4) is 0 Å². The van der Waals surface area contributed by atoms with E-state index in [1.165, 1.54) is 0 Å². The average molecular weight is 304 g/mol. The summed E-state index contributed by atoms with van der Waals surface area (Å²) in [6.07, 6.45) is 1.94. The van der Waals surface area contributed by atoms with Crippen LogP contribution in [0.25, 0.3) is 11.0 Å². The topological polar surface area (TPSA) is 67.6 Å². The van der Waals surface area contributed by atoms with Crippen LogP contribution in [0.5, 0.6) is 0 Å². The number of fused-ring (bicyclic) bond motifs is 1. The molecule has 4 heteroatoms.